The van der Waals surface area contributed by atoms with Crippen molar-refractivity contribution in [3.05, 3.63) is 69.8 Å². The van der Waals surface area contributed by atoms with Crippen LogP contribution in [-0.2, 0) is 4.79 Å². The van der Waals surface area contributed by atoms with Crippen molar-refractivity contribution in [1.82, 2.24) is 0 Å². The highest BCUT2D eigenvalue weighted by molar-refractivity contribution is 5.89. The van der Waals surface area contributed by atoms with E-state index >= 15 is 0 Å². The Labute approximate surface area is 137 Å². The summed E-state index contributed by atoms with van der Waals surface area (Å²) in [5, 5.41) is 28.6. The molecule has 0 bridgehead atoms. The van der Waals surface area contributed by atoms with Crippen molar-refractivity contribution in [2.45, 2.75) is 0 Å². The second-order valence-electron chi connectivity index (χ2n) is 4.73. The van der Waals surface area contributed by atoms with Crippen LogP contribution in [0, 0.1) is 21.4 Å². The lowest BCUT2D eigenvalue weighted by atomic mass is 10.0. The molecule has 2 rings (SSSR count). The molecule has 0 aliphatic carbocycles. The third kappa shape index (κ3) is 4.42. The van der Waals surface area contributed by atoms with Gasteiger partial charge in [-0.2, -0.15) is 5.26 Å². The number of allylic oxidation sites excluding steroid dienone is 1. The number of carbonyl (C=O) groups is 1. The molecule has 0 saturated heterocycles. The molecule has 24 heavy (non-hydrogen) atoms. The number of rotatable bonds is 6. The number of nitro groups is 1. The summed E-state index contributed by atoms with van der Waals surface area (Å²) in [6.07, 6.45) is 1.59. The van der Waals surface area contributed by atoms with Crippen molar-refractivity contribution >= 4 is 23.3 Å². The highest BCUT2D eigenvalue weighted by Gasteiger charge is 2.07. The van der Waals surface area contributed by atoms with Gasteiger partial charge < -0.3 is 9.84 Å². The van der Waals surface area contributed by atoms with Gasteiger partial charge >= 0.3 is 5.97 Å². The van der Waals surface area contributed by atoms with Crippen LogP contribution >= 0.6 is 0 Å². The Hall–Kier alpha value is -3.66. The van der Waals surface area contributed by atoms with Crippen LogP contribution in [0.2, 0.25) is 0 Å². The average Bonchev–Trinajstić information content (AvgIpc) is 2.58. The maximum atomic E-state index is 10.7. The molecule has 2 aromatic carbocycles. The topological polar surface area (TPSA) is 113 Å². The first kappa shape index (κ1) is 16.7. The number of nitriles is 1. The van der Waals surface area contributed by atoms with Gasteiger partial charge in [-0.1, -0.05) is 12.1 Å². The van der Waals surface area contributed by atoms with Crippen LogP contribution in [0.4, 0.5) is 5.69 Å². The quantitative estimate of drug-likeness (QED) is 0.378. The summed E-state index contributed by atoms with van der Waals surface area (Å²) in [6, 6.07) is 14.3. The van der Waals surface area contributed by atoms with Crippen molar-refractivity contribution in [3.8, 4) is 11.8 Å². The molecule has 2 aromatic rings. The van der Waals surface area contributed by atoms with Crippen LogP contribution in [0.15, 0.2) is 48.5 Å². The standard InChI is InChI=1S/C17H12N2O5/c18-10-14(13-4-6-15(7-5-13)19(22)23)8-12-2-1-3-16(9-12)24-11-17(20)21/h1-9H,11H2,(H,20,21)/b14-8-. The molecular weight excluding hydrogens is 312 g/mol. The first-order valence-electron chi connectivity index (χ1n) is 6.81. The molecule has 0 heterocycles. The predicted molar refractivity (Wildman–Crippen MR) is 86.2 cm³/mol. The summed E-state index contributed by atoms with van der Waals surface area (Å²) in [4.78, 5) is 20.7. The molecule has 0 fully saturated rings. The molecule has 0 amide bonds. The van der Waals surface area contributed by atoms with E-state index in [1.54, 1.807) is 30.3 Å². The zero-order valence-electron chi connectivity index (χ0n) is 12.4. The zero-order chi connectivity index (χ0) is 17.5. The fourth-order valence-electron chi connectivity index (χ4n) is 1.95. The number of hydrogen-bond acceptors (Lipinski definition) is 5. The largest absolute Gasteiger partial charge is 0.482 e. The van der Waals surface area contributed by atoms with E-state index in [-0.39, 0.29) is 5.69 Å². The van der Waals surface area contributed by atoms with Crippen molar-refractivity contribution < 1.29 is 19.6 Å². The number of aliphatic carboxylic acids is 1. The minimum Gasteiger partial charge on any atom is -0.482 e. The minimum atomic E-state index is -1.08. The molecule has 7 heteroatoms. The van der Waals surface area contributed by atoms with Gasteiger partial charge in [0, 0.05) is 12.1 Å². The van der Waals surface area contributed by atoms with E-state index in [1.165, 1.54) is 24.3 Å². The van der Waals surface area contributed by atoms with E-state index in [9.17, 15) is 20.2 Å². The van der Waals surface area contributed by atoms with Crippen molar-refractivity contribution in [2.24, 2.45) is 0 Å². The monoisotopic (exact) mass is 324 g/mol. The molecule has 120 valence electrons. The van der Waals surface area contributed by atoms with Gasteiger partial charge in [-0.25, -0.2) is 4.79 Å². The number of nitro benzene ring substituents is 1. The molecule has 0 unspecified atom stereocenters. The summed E-state index contributed by atoms with van der Waals surface area (Å²) in [5.74, 6) is -0.716. The molecule has 0 atom stereocenters. The van der Waals surface area contributed by atoms with Crippen LogP contribution < -0.4 is 4.74 Å². The Balaban J connectivity index is 2.27. The number of non-ortho nitro benzene ring substituents is 1. The van der Waals surface area contributed by atoms with E-state index in [2.05, 4.69) is 0 Å². The van der Waals surface area contributed by atoms with Crippen LogP contribution in [-0.4, -0.2) is 22.6 Å². The fourth-order valence-corrected chi connectivity index (χ4v) is 1.95. The fraction of sp³-hybridized carbons (Fsp3) is 0.0588. The number of carboxylic acids is 1. The highest BCUT2D eigenvalue weighted by Crippen LogP contribution is 2.22. The maximum Gasteiger partial charge on any atom is 0.341 e. The normalized spacial score (nSPS) is 10.7. The summed E-state index contributed by atoms with van der Waals surface area (Å²) in [7, 11) is 0. The lowest BCUT2D eigenvalue weighted by Crippen LogP contribution is -2.09. The molecule has 0 spiro atoms. The number of nitrogens with zero attached hydrogens (tertiary/aromatic N) is 2. The Kier molecular flexibility index (Phi) is 5.26. The lowest BCUT2D eigenvalue weighted by molar-refractivity contribution is -0.384. The summed E-state index contributed by atoms with van der Waals surface area (Å²) >= 11 is 0. The average molecular weight is 324 g/mol. The van der Waals surface area contributed by atoms with Gasteiger partial charge in [0.1, 0.15) is 5.75 Å². The lowest BCUT2D eigenvalue weighted by Gasteiger charge is -2.04. The number of hydrogen-bond donors (Lipinski definition) is 1. The van der Waals surface area contributed by atoms with Gasteiger partial charge in [-0.3, -0.25) is 10.1 Å². The molecule has 0 aliphatic heterocycles. The third-order valence-electron chi connectivity index (χ3n) is 3.04. The van der Waals surface area contributed by atoms with Crippen LogP contribution in [0.3, 0.4) is 0 Å². The summed E-state index contributed by atoms with van der Waals surface area (Å²) < 4.78 is 5.08. The number of benzene rings is 2. The Morgan fingerprint density at radius 2 is 2.00 bits per heavy atom. The second kappa shape index (κ2) is 7.56. The van der Waals surface area contributed by atoms with E-state index in [0.717, 1.165) is 0 Å². The molecular formula is C17H12N2O5. The Morgan fingerprint density at radius 1 is 1.29 bits per heavy atom. The van der Waals surface area contributed by atoms with Gasteiger partial charge in [0.25, 0.3) is 5.69 Å². The first-order chi connectivity index (χ1) is 11.5. The number of ether oxygens (including phenoxy) is 1. The van der Waals surface area contributed by atoms with Gasteiger partial charge in [-0.15, -0.1) is 0 Å². The Morgan fingerprint density at radius 3 is 2.58 bits per heavy atom. The molecule has 0 saturated carbocycles. The third-order valence-corrected chi connectivity index (χ3v) is 3.04. The van der Waals surface area contributed by atoms with Gasteiger partial charge in [0.15, 0.2) is 6.61 Å². The molecule has 1 N–H and O–H groups in total. The molecule has 0 radical (unpaired) electrons. The van der Waals surface area contributed by atoms with E-state index in [0.29, 0.717) is 22.4 Å². The first-order valence-corrected chi connectivity index (χ1v) is 6.81. The van der Waals surface area contributed by atoms with Crippen molar-refractivity contribution in [1.29, 1.82) is 5.26 Å². The molecule has 0 aliphatic rings. The van der Waals surface area contributed by atoms with Crippen molar-refractivity contribution in [3.63, 3.8) is 0 Å². The SMILES string of the molecule is N#C/C(=C/c1cccc(OCC(=O)O)c1)c1ccc([N+](=O)[O-])cc1. The summed E-state index contributed by atoms with van der Waals surface area (Å²) in [5.41, 5.74) is 1.45. The predicted octanol–water partition coefficient (Wildman–Crippen LogP) is 3.12. The molecule has 7 nitrogen and oxygen atoms in total. The summed E-state index contributed by atoms with van der Waals surface area (Å²) in [6.45, 7) is -0.458. The number of carboxylic acid groups (broad SMARTS) is 1. The smallest absolute Gasteiger partial charge is 0.341 e. The van der Waals surface area contributed by atoms with Crippen LogP contribution in [0.25, 0.3) is 11.6 Å². The van der Waals surface area contributed by atoms with E-state index in [4.69, 9.17) is 9.84 Å². The highest BCUT2D eigenvalue weighted by atomic mass is 16.6. The van der Waals surface area contributed by atoms with Crippen molar-refractivity contribution in [2.75, 3.05) is 6.61 Å². The van der Waals surface area contributed by atoms with Crippen LogP contribution in [0.5, 0.6) is 5.75 Å². The van der Waals surface area contributed by atoms with E-state index < -0.39 is 17.5 Å². The Bertz CT molecular complexity index is 835. The minimum absolute atomic E-state index is 0.0555. The maximum absolute atomic E-state index is 10.7. The van der Waals surface area contributed by atoms with Gasteiger partial charge in [-0.05, 0) is 41.5 Å². The zero-order valence-corrected chi connectivity index (χ0v) is 12.4. The van der Waals surface area contributed by atoms with Crippen LogP contribution in [0.1, 0.15) is 11.1 Å². The second-order valence-corrected chi connectivity index (χ2v) is 4.73. The van der Waals surface area contributed by atoms with Gasteiger partial charge in [0.05, 0.1) is 16.6 Å². The van der Waals surface area contributed by atoms with Gasteiger partial charge in [0.2, 0.25) is 0 Å². The van der Waals surface area contributed by atoms with E-state index in [1.807, 2.05) is 6.07 Å². The molecule has 0 aromatic heterocycles.